The predicted molar refractivity (Wildman–Crippen MR) is 207 cm³/mol. The molecule has 0 aliphatic heterocycles. The molecule has 2 nitrogen and oxygen atoms in total. The zero-order valence-electron chi connectivity index (χ0n) is 27.3. The van der Waals surface area contributed by atoms with Crippen molar-refractivity contribution in [2.24, 2.45) is 0 Å². The number of hydrogen-bond donors (Lipinski definition) is 0. The molecule has 0 amide bonds. The van der Waals surface area contributed by atoms with E-state index in [9.17, 15) is 0 Å². The third-order valence-corrected chi connectivity index (χ3v) is 9.77. The molecule has 1 aromatic heterocycles. The Kier molecular flexibility index (Phi) is 7.13. The van der Waals surface area contributed by atoms with E-state index in [-0.39, 0.29) is 0 Å². The first-order valence-electron chi connectivity index (χ1n) is 17.0. The van der Waals surface area contributed by atoms with Gasteiger partial charge >= 0.3 is 0 Å². The van der Waals surface area contributed by atoms with Gasteiger partial charge in [-0.2, -0.15) is 0 Å². The highest BCUT2D eigenvalue weighted by Crippen LogP contribution is 2.46. The summed E-state index contributed by atoms with van der Waals surface area (Å²) in [4.78, 5) is 5.06. The lowest BCUT2D eigenvalue weighted by atomic mass is 9.84. The highest BCUT2D eigenvalue weighted by molar-refractivity contribution is 6.22. The standard InChI is InChI=1S/C47H34N2/c1-2-45-48-42-22-12-14-24-44(42)49(45)43-23-13-11-21-40(43)47-38-20-10-9-19-37(38)46(35-27-25-34(26-28-35)32-15-5-3-6-16-32)41-31-36(29-30-39(41)47)33-17-7-4-8-18-33/h3-31H,2H2,1H3. The van der Waals surface area contributed by atoms with E-state index in [0.29, 0.717) is 0 Å². The Morgan fingerprint density at radius 3 is 1.69 bits per heavy atom. The zero-order chi connectivity index (χ0) is 32.7. The maximum Gasteiger partial charge on any atom is 0.114 e. The number of hydrogen-bond acceptors (Lipinski definition) is 1. The minimum Gasteiger partial charge on any atom is -0.296 e. The number of aromatic nitrogens is 2. The maximum absolute atomic E-state index is 5.06. The van der Waals surface area contributed by atoms with E-state index in [2.05, 4.69) is 187 Å². The maximum atomic E-state index is 5.06. The van der Waals surface area contributed by atoms with E-state index < -0.39 is 0 Å². The Hall–Kier alpha value is -6.25. The van der Waals surface area contributed by atoms with Crippen molar-refractivity contribution in [1.82, 2.24) is 9.55 Å². The largest absolute Gasteiger partial charge is 0.296 e. The van der Waals surface area contributed by atoms with E-state index >= 15 is 0 Å². The Balaban J connectivity index is 1.37. The van der Waals surface area contributed by atoms with Crippen LogP contribution in [0.2, 0.25) is 0 Å². The van der Waals surface area contributed by atoms with Crippen molar-refractivity contribution in [1.29, 1.82) is 0 Å². The lowest BCUT2D eigenvalue weighted by Crippen LogP contribution is -2.03. The van der Waals surface area contributed by atoms with Crippen molar-refractivity contribution in [3.8, 4) is 50.2 Å². The number of rotatable bonds is 6. The van der Waals surface area contributed by atoms with Crippen LogP contribution in [0.4, 0.5) is 0 Å². The summed E-state index contributed by atoms with van der Waals surface area (Å²) < 4.78 is 2.36. The summed E-state index contributed by atoms with van der Waals surface area (Å²) in [7, 11) is 0. The fraction of sp³-hybridized carbons (Fsp3) is 0.0426. The Labute approximate surface area is 286 Å². The second-order valence-electron chi connectivity index (χ2n) is 12.6. The summed E-state index contributed by atoms with van der Waals surface area (Å²) >= 11 is 0. The molecular weight excluding hydrogens is 593 g/mol. The fourth-order valence-electron chi connectivity index (χ4n) is 7.51. The van der Waals surface area contributed by atoms with Gasteiger partial charge in [0.05, 0.1) is 16.7 Å². The van der Waals surface area contributed by atoms with Gasteiger partial charge in [0, 0.05) is 12.0 Å². The number of aryl methyl sites for hydroxylation is 1. The summed E-state index contributed by atoms with van der Waals surface area (Å²) in [6.07, 6.45) is 0.836. The quantitative estimate of drug-likeness (QED) is 0.168. The van der Waals surface area contributed by atoms with Gasteiger partial charge in [-0.3, -0.25) is 4.57 Å². The molecule has 0 aliphatic carbocycles. The second-order valence-corrected chi connectivity index (χ2v) is 12.6. The van der Waals surface area contributed by atoms with Crippen LogP contribution >= 0.6 is 0 Å². The molecule has 2 heteroatoms. The Morgan fingerprint density at radius 2 is 0.959 bits per heavy atom. The first-order chi connectivity index (χ1) is 24.3. The molecule has 9 rings (SSSR count). The van der Waals surface area contributed by atoms with Crippen LogP contribution in [-0.4, -0.2) is 9.55 Å². The molecule has 0 unspecified atom stereocenters. The molecule has 0 saturated heterocycles. The molecule has 8 aromatic carbocycles. The van der Waals surface area contributed by atoms with Gasteiger partial charge in [0.15, 0.2) is 0 Å². The van der Waals surface area contributed by atoms with E-state index in [1.165, 1.54) is 66.1 Å². The number of fused-ring (bicyclic) bond motifs is 3. The predicted octanol–water partition coefficient (Wildman–Crippen LogP) is 12.6. The fourth-order valence-corrected chi connectivity index (χ4v) is 7.51. The molecule has 0 aliphatic rings. The van der Waals surface area contributed by atoms with Gasteiger partial charge < -0.3 is 0 Å². The van der Waals surface area contributed by atoms with Crippen molar-refractivity contribution in [3.05, 3.63) is 182 Å². The lowest BCUT2D eigenvalue weighted by molar-refractivity contribution is 0.909. The lowest BCUT2D eigenvalue weighted by Gasteiger charge is -2.21. The second kappa shape index (κ2) is 12.1. The Bertz CT molecular complexity index is 2610. The summed E-state index contributed by atoms with van der Waals surface area (Å²) in [6.45, 7) is 2.19. The van der Waals surface area contributed by atoms with E-state index in [1.54, 1.807) is 0 Å². The van der Waals surface area contributed by atoms with Gasteiger partial charge in [-0.1, -0.05) is 159 Å². The van der Waals surface area contributed by atoms with Crippen LogP contribution in [0.15, 0.2) is 176 Å². The van der Waals surface area contributed by atoms with Gasteiger partial charge in [-0.25, -0.2) is 4.98 Å². The first kappa shape index (κ1) is 28.9. The van der Waals surface area contributed by atoms with Crippen LogP contribution in [0.25, 0.3) is 82.8 Å². The number of benzene rings is 8. The van der Waals surface area contributed by atoms with Crippen LogP contribution in [0.5, 0.6) is 0 Å². The van der Waals surface area contributed by atoms with E-state index in [0.717, 1.165) is 29.0 Å². The first-order valence-corrected chi connectivity index (χ1v) is 17.0. The number of para-hydroxylation sites is 3. The zero-order valence-corrected chi connectivity index (χ0v) is 27.3. The summed E-state index contributed by atoms with van der Waals surface area (Å²) in [5.41, 5.74) is 13.0. The normalized spacial score (nSPS) is 11.4. The topological polar surface area (TPSA) is 17.8 Å². The number of imidazole rings is 1. The van der Waals surface area contributed by atoms with Crippen LogP contribution < -0.4 is 0 Å². The molecule has 0 N–H and O–H groups in total. The summed E-state index contributed by atoms with van der Waals surface area (Å²) in [6, 6.07) is 63.7. The monoisotopic (exact) mass is 626 g/mol. The molecule has 0 fully saturated rings. The van der Waals surface area contributed by atoms with Crippen molar-refractivity contribution < 1.29 is 0 Å². The van der Waals surface area contributed by atoms with E-state index in [1.807, 2.05) is 0 Å². The smallest absolute Gasteiger partial charge is 0.114 e. The molecular formula is C47H34N2. The van der Waals surface area contributed by atoms with Gasteiger partial charge in [0.25, 0.3) is 0 Å². The molecule has 9 aromatic rings. The average molecular weight is 627 g/mol. The molecule has 1 heterocycles. The van der Waals surface area contributed by atoms with E-state index in [4.69, 9.17) is 4.98 Å². The van der Waals surface area contributed by atoms with Crippen LogP contribution in [0, 0.1) is 0 Å². The molecule has 0 spiro atoms. The molecule has 0 atom stereocenters. The van der Waals surface area contributed by atoms with Crippen LogP contribution in [0.3, 0.4) is 0 Å². The molecule has 49 heavy (non-hydrogen) atoms. The van der Waals surface area contributed by atoms with Crippen molar-refractivity contribution in [2.75, 3.05) is 0 Å². The van der Waals surface area contributed by atoms with Crippen molar-refractivity contribution >= 4 is 32.6 Å². The number of nitrogens with zero attached hydrogens (tertiary/aromatic N) is 2. The molecule has 0 radical (unpaired) electrons. The highest BCUT2D eigenvalue weighted by Gasteiger charge is 2.21. The molecule has 0 bridgehead atoms. The minimum absolute atomic E-state index is 0.836. The van der Waals surface area contributed by atoms with Gasteiger partial charge in [0.2, 0.25) is 0 Å². The minimum atomic E-state index is 0.836. The van der Waals surface area contributed by atoms with Gasteiger partial charge in [-0.05, 0) is 84.8 Å². The highest BCUT2D eigenvalue weighted by atomic mass is 15.1. The van der Waals surface area contributed by atoms with Crippen LogP contribution in [-0.2, 0) is 6.42 Å². The van der Waals surface area contributed by atoms with Crippen LogP contribution in [0.1, 0.15) is 12.7 Å². The average Bonchev–Trinajstić information content (AvgIpc) is 3.56. The Morgan fingerprint density at radius 1 is 0.429 bits per heavy atom. The third kappa shape index (κ3) is 4.92. The van der Waals surface area contributed by atoms with Gasteiger partial charge in [-0.15, -0.1) is 0 Å². The van der Waals surface area contributed by atoms with Crippen molar-refractivity contribution in [3.63, 3.8) is 0 Å². The third-order valence-electron chi connectivity index (χ3n) is 9.77. The SMILES string of the molecule is CCc1nc2ccccc2n1-c1ccccc1-c1c2ccccc2c(-c2ccc(-c3ccccc3)cc2)c2cc(-c3ccccc3)ccc12. The molecule has 232 valence electrons. The summed E-state index contributed by atoms with van der Waals surface area (Å²) in [5.74, 6) is 1.06. The summed E-state index contributed by atoms with van der Waals surface area (Å²) in [5, 5.41) is 4.95. The van der Waals surface area contributed by atoms with Crippen molar-refractivity contribution in [2.45, 2.75) is 13.3 Å². The van der Waals surface area contributed by atoms with Gasteiger partial charge in [0.1, 0.15) is 5.82 Å². The molecule has 0 saturated carbocycles.